The van der Waals surface area contributed by atoms with Gasteiger partial charge in [-0.2, -0.15) is 0 Å². The monoisotopic (exact) mass is 378 g/mol. The minimum absolute atomic E-state index is 0.0855. The molecule has 0 bridgehead atoms. The van der Waals surface area contributed by atoms with Crippen molar-refractivity contribution in [2.45, 2.75) is 12.5 Å². The molecule has 0 N–H and O–H groups in total. The summed E-state index contributed by atoms with van der Waals surface area (Å²) in [6.07, 6.45) is 0.871. The Bertz CT molecular complexity index is 959. The van der Waals surface area contributed by atoms with Crippen LogP contribution in [0.2, 0.25) is 0 Å². The molecule has 0 aromatic heterocycles. The number of ether oxygens (including phenoxy) is 2. The molecular formula is C22H22N2O4. The first-order chi connectivity index (χ1) is 13.6. The van der Waals surface area contributed by atoms with Crippen LogP contribution in [0.4, 0.5) is 5.69 Å². The van der Waals surface area contributed by atoms with Gasteiger partial charge in [-0.15, -0.1) is 0 Å². The highest BCUT2D eigenvalue weighted by Gasteiger charge is 2.59. The maximum atomic E-state index is 13.4. The number of hydrogen-bond acceptors (Lipinski definition) is 5. The number of rotatable bonds is 3. The minimum Gasteiger partial charge on any atom is -0.493 e. The molecule has 3 aliphatic rings. The summed E-state index contributed by atoms with van der Waals surface area (Å²) in [5, 5.41) is 0. The van der Waals surface area contributed by atoms with E-state index in [0.717, 1.165) is 24.1 Å². The average Bonchev–Trinajstić information content (AvgIpc) is 3.23. The largest absolute Gasteiger partial charge is 0.493 e. The van der Waals surface area contributed by atoms with Crippen molar-refractivity contribution < 1.29 is 19.1 Å². The lowest BCUT2D eigenvalue weighted by Gasteiger charge is -2.35. The molecule has 6 heteroatoms. The summed E-state index contributed by atoms with van der Waals surface area (Å²) < 4.78 is 10.9. The Morgan fingerprint density at radius 2 is 1.68 bits per heavy atom. The molecule has 0 radical (unpaired) electrons. The third kappa shape index (κ3) is 2.31. The highest BCUT2D eigenvalue weighted by atomic mass is 16.5. The number of benzene rings is 2. The van der Waals surface area contributed by atoms with Gasteiger partial charge in [-0.3, -0.25) is 14.5 Å². The van der Waals surface area contributed by atoms with Crippen molar-refractivity contribution >= 4 is 17.5 Å². The first kappa shape index (κ1) is 17.3. The molecule has 0 spiro atoms. The lowest BCUT2D eigenvalue weighted by atomic mass is 9.84. The lowest BCUT2D eigenvalue weighted by molar-refractivity contribution is -0.123. The number of para-hydroxylation sites is 1. The normalized spacial score (nSPS) is 26.1. The molecule has 6 nitrogen and oxygen atoms in total. The van der Waals surface area contributed by atoms with Gasteiger partial charge >= 0.3 is 0 Å². The van der Waals surface area contributed by atoms with E-state index in [9.17, 15) is 9.59 Å². The number of nitrogens with zero attached hydrogens (tertiary/aromatic N) is 2. The Labute approximate surface area is 163 Å². The fourth-order valence-corrected chi connectivity index (χ4v) is 5.03. The number of amides is 2. The van der Waals surface area contributed by atoms with Crippen LogP contribution in [-0.2, 0) is 16.0 Å². The molecule has 28 heavy (non-hydrogen) atoms. The number of hydrogen-bond donors (Lipinski definition) is 0. The minimum atomic E-state index is -0.357. The Kier molecular flexibility index (Phi) is 3.91. The molecule has 144 valence electrons. The number of anilines is 1. The molecule has 3 heterocycles. The smallest absolute Gasteiger partial charge is 0.239 e. The zero-order valence-electron chi connectivity index (χ0n) is 15.9. The van der Waals surface area contributed by atoms with Crippen LogP contribution in [0.15, 0.2) is 42.5 Å². The van der Waals surface area contributed by atoms with Crippen LogP contribution in [0.3, 0.4) is 0 Å². The molecule has 3 atom stereocenters. The highest BCUT2D eigenvalue weighted by Crippen LogP contribution is 2.51. The second-order valence-corrected chi connectivity index (χ2v) is 7.58. The zero-order chi connectivity index (χ0) is 19.4. The number of carbonyl (C=O) groups excluding carboxylic acids is 2. The zero-order valence-corrected chi connectivity index (χ0v) is 15.9. The van der Waals surface area contributed by atoms with E-state index < -0.39 is 0 Å². The van der Waals surface area contributed by atoms with Gasteiger partial charge in [0, 0.05) is 19.1 Å². The fourth-order valence-electron chi connectivity index (χ4n) is 5.03. The van der Waals surface area contributed by atoms with Gasteiger partial charge < -0.3 is 9.47 Å². The molecule has 2 aromatic carbocycles. The van der Waals surface area contributed by atoms with Crippen molar-refractivity contribution in [2.24, 2.45) is 11.8 Å². The van der Waals surface area contributed by atoms with E-state index in [-0.39, 0.29) is 29.7 Å². The predicted molar refractivity (Wildman–Crippen MR) is 103 cm³/mol. The highest BCUT2D eigenvalue weighted by molar-refractivity contribution is 6.22. The fraction of sp³-hybridized carbons (Fsp3) is 0.364. The van der Waals surface area contributed by atoms with Crippen molar-refractivity contribution in [1.29, 1.82) is 0 Å². The summed E-state index contributed by atoms with van der Waals surface area (Å²) in [5.74, 6) is 0.516. The van der Waals surface area contributed by atoms with Gasteiger partial charge in [0.2, 0.25) is 11.8 Å². The average molecular weight is 378 g/mol. The van der Waals surface area contributed by atoms with Crippen molar-refractivity contribution in [3.05, 3.63) is 53.6 Å². The number of carbonyl (C=O) groups is 2. The molecule has 0 aliphatic carbocycles. The summed E-state index contributed by atoms with van der Waals surface area (Å²) in [7, 11) is 3.24. The summed E-state index contributed by atoms with van der Waals surface area (Å²) >= 11 is 0. The first-order valence-electron chi connectivity index (χ1n) is 9.55. The Hall–Kier alpha value is -2.86. The summed E-state index contributed by atoms with van der Waals surface area (Å²) in [5.41, 5.74) is 2.90. The van der Waals surface area contributed by atoms with Crippen LogP contribution >= 0.6 is 0 Å². The van der Waals surface area contributed by atoms with E-state index in [0.29, 0.717) is 23.7 Å². The molecule has 5 rings (SSSR count). The number of imide groups is 1. The van der Waals surface area contributed by atoms with Gasteiger partial charge in [-0.1, -0.05) is 18.2 Å². The Morgan fingerprint density at radius 1 is 0.964 bits per heavy atom. The van der Waals surface area contributed by atoms with E-state index in [1.54, 1.807) is 14.2 Å². The van der Waals surface area contributed by atoms with Gasteiger partial charge in [-0.05, 0) is 41.8 Å². The van der Waals surface area contributed by atoms with Gasteiger partial charge in [-0.25, -0.2) is 4.90 Å². The second-order valence-electron chi connectivity index (χ2n) is 7.58. The van der Waals surface area contributed by atoms with E-state index in [1.807, 2.05) is 42.5 Å². The van der Waals surface area contributed by atoms with Crippen LogP contribution in [-0.4, -0.2) is 44.0 Å². The van der Waals surface area contributed by atoms with Crippen molar-refractivity contribution in [3.63, 3.8) is 0 Å². The molecule has 2 fully saturated rings. The van der Waals surface area contributed by atoms with E-state index in [4.69, 9.17) is 9.47 Å². The topological polar surface area (TPSA) is 59.1 Å². The van der Waals surface area contributed by atoms with Gasteiger partial charge in [0.25, 0.3) is 0 Å². The predicted octanol–water partition coefficient (Wildman–Crippen LogP) is 2.42. The molecular weight excluding hydrogens is 356 g/mol. The van der Waals surface area contributed by atoms with Crippen LogP contribution in [0.1, 0.15) is 17.2 Å². The van der Waals surface area contributed by atoms with Crippen LogP contribution in [0.25, 0.3) is 0 Å². The van der Waals surface area contributed by atoms with Gasteiger partial charge in [0.1, 0.15) is 0 Å². The SMILES string of the molecule is COc1cc2c(cc1OC)[C@H]1[C@@H]3C(=O)N(c4ccccc4)C(=O)[C@@H]3CN1CC2. The van der Waals surface area contributed by atoms with E-state index in [2.05, 4.69) is 4.90 Å². The lowest BCUT2D eigenvalue weighted by Crippen LogP contribution is -2.40. The van der Waals surface area contributed by atoms with Crippen LogP contribution < -0.4 is 14.4 Å². The number of fused-ring (bicyclic) bond motifs is 5. The molecule has 2 aromatic rings. The third-order valence-corrected chi connectivity index (χ3v) is 6.29. The standard InChI is InChI=1S/C22H22N2O4/c1-27-17-10-13-8-9-23-12-16-19(20(23)15(13)11-18(17)28-2)22(26)24(21(16)25)14-6-4-3-5-7-14/h3-7,10-11,16,19-20H,8-9,12H2,1-2H3/t16-,19-,20+/m1/s1. The van der Waals surface area contributed by atoms with Crippen LogP contribution in [0.5, 0.6) is 11.5 Å². The van der Waals surface area contributed by atoms with Gasteiger partial charge in [0.15, 0.2) is 11.5 Å². The van der Waals surface area contributed by atoms with Gasteiger partial charge in [0.05, 0.1) is 31.7 Å². The molecule has 0 saturated carbocycles. The molecule has 2 amide bonds. The van der Waals surface area contributed by atoms with Crippen LogP contribution in [0, 0.1) is 11.8 Å². The summed E-state index contributed by atoms with van der Waals surface area (Å²) in [4.78, 5) is 30.1. The first-order valence-corrected chi connectivity index (χ1v) is 9.55. The van der Waals surface area contributed by atoms with Crippen molar-refractivity contribution in [1.82, 2.24) is 4.90 Å². The summed E-state index contributed by atoms with van der Waals surface area (Å²) in [6, 6.07) is 13.1. The summed E-state index contributed by atoms with van der Waals surface area (Å²) in [6.45, 7) is 1.46. The quantitative estimate of drug-likeness (QED) is 0.768. The van der Waals surface area contributed by atoms with Crippen molar-refractivity contribution in [2.75, 3.05) is 32.2 Å². The third-order valence-electron chi connectivity index (χ3n) is 6.29. The second kappa shape index (κ2) is 6.34. The molecule has 2 saturated heterocycles. The molecule has 0 unspecified atom stereocenters. The van der Waals surface area contributed by atoms with Crippen molar-refractivity contribution in [3.8, 4) is 11.5 Å². The molecule has 3 aliphatic heterocycles. The van der Waals surface area contributed by atoms with E-state index >= 15 is 0 Å². The Morgan fingerprint density at radius 3 is 2.39 bits per heavy atom. The maximum Gasteiger partial charge on any atom is 0.239 e. The van der Waals surface area contributed by atoms with E-state index in [1.165, 1.54) is 4.90 Å². The number of methoxy groups -OCH3 is 2. The Balaban J connectivity index is 1.57. The maximum absolute atomic E-state index is 13.4.